The lowest BCUT2D eigenvalue weighted by atomic mass is 10.3. The second-order valence-electron chi connectivity index (χ2n) is 4.54. The number of anilines is 1. The lowest BCUT2D eigenvalue weighted by Crippen LogP contribution is -2.14. The summed E-state index contributed by atoms with van der Waals surface area (Å²) < 4.78 is 36.7. The van der Waals surface area contributed by atoms with E-state index in [4.69, 9.17) is 27.9 Å². The molecule has 0 aliphatic heterocycles. The van der Waals surface area contributed by atoms with Crippen molar-refractivity contribution in [2.24, 2.45) is 0 Å². The normalized spacial score (nSPS) is 11.0. The highest BCUT2D eigenvalue weighted by Gasteiger charge is 2.18. The van der Waals surface area contributed by atoms with E-state index in [-0.39, 0.29) is 33.0 Å². The van der Waals surface area contributed by atoms with Crippen LogP contribution in [-0.2, 0) is 19.6 Å². The minimum atomic E-state index is -3.88. The Hall–Kier alpha value is -1.96. The van der Waals surface area contributed by atoms with Crippen molar-refractivity contribution >= 4 is 44.9 Å². The largest absolute Gasteiger partial charge is 0.480 e. The van der Waals surface area contributed by atoms with E-state index in [2.05, 4.69) is 9.46 Å². The van der Waals surface area contributed by atoms with E-state index in [1.54, 1.807) is 18.2 Å². The molecule has 0 saturated carbocycles. The van der Waals surface area contributed by atoms with Gasteiger partial charge >= 0.3 is 5.97 Å². The molecule has 0 aromatic heterocycles. The fraction of sp³-hybridized carbons (Fsp3) is 0.133. The number of hydrogen-bond acceptors (Lipinski definition) is 5. The highest BCUT2D eigenvalue weighted by molar-refractivity contribution is 7.92. The third-order valence-corrected chi connectivity index (χ3v) is 4.89. The maximum Gasteiger partial charge on any atom is 0.343 e. The number of nitrogens with one attached hydrogen (secondary N) is 1. The first kappa shape index (κ1) is 18.4. The van der Waals surface area contributed by atoms with Gasteiger partial charge in [-0.3, -0.25) is 4.72 Å². The molecule has 0 fully saturated rings. The third-order valence-electron chi connectivity index (χ3n) is 2.91. The van der Waals surface area contributed by atoms with Gasteiger partial charge in [0.15, 0.2) is 6.61 Å². The number of ether oxygens (including phenoxy) is 2. The van der Waals surface area contributed by atoms with E-state index in [0.717, 1.165) is 0 Å². The number of para-hydroxylation sites is 1. The zero-order valence-corrected chi connectivity index (χ0v) is 14.8. The van der Waals surface area contributed by atoms with Crippen molar-refractivity contribution in [1.29, 1.82) is 0 Å². The van der Waals surface area contributed by atoms with E-state index < -0.39 is 16.0 Å². The highest BCUT2D eigenvalue weighted by atomic mass is 35.5. The van der Waals surface area contributed by atoms with Gasteiger partial charge in [0.25, 0.3) is 10.0 Å². The minimum Gasteiger partial charge on any atom is -0.480 e. The van der Waals surface area contributed by atoms with Gasteiger partial charge in [-0.2, -0.15) is 0 Å². The van der Waals surface area contributed by atoms with Crippen LogP contribution in [0.3, 0.4) is 0 Å². The van der Waals surface area contributed by atoms with Crippen LogP contribution < -0.4 is 9.46 Å². The molecule has 0 amide bonds. The van der Waals surface area contributed by atoms with Gasteiger partial charge in [0.05, 0.1) is 27.7 Å². The number of rotatable bonds is 6. The lowest BCUT2D eigenvalue weighted by Gasteiger charge is -2.11. The Morgan fingerprint density at radius 2 is 1.83 bits per heavy atom. The van der Waals surface area contributed by atoms with Crippen molar-refractivity contribution in [3.05, 3.63) is 52.5 Å². The van der Waals surface area contributed by atoms with Crippen molar-refractivity contribution in [3.63, 3.8) is 0 Å². The van der Waals surface area contributed by atoms with Gasteiger partial charge in [0, 0.05) is 0 Å². The Bertz CT molecular complexity index is 855. The molecule has 6 nitrogen and oxygen atoms in total. The van der Waals surface area contributed by atoms with Gasteiger partial charge in [-0.25, -0.2) is 13.2 Å². The van der Waals surface area contributed by atoms with Crippen LogP contribution in [-0.4, -0.2) is 28.1 Å². The smallest absolute Gasteiger partial charge is 0.343 e. The van der Waals surface area contributed by atoms with Gasteiger partial charge in [0.1, 0.15) is 5.75 Å². The van der Waals surface area contributed by atoms with Gasteiger partial charge in [-0.05, 0) is 30.3 Å². The number of carbonyl (C=O) groups is 1. The van der Waals surface area contributed by atoms with Crippen LogP contribution in [0.25, 0.3) is 0 Å². The second-order valence-corrected chi connectivity index (χ2v) is 7.04. The third kappa shape index (κ3) is 4.53. The number of halogens is 2. The van der Waals surface area contributed by atoms with Gasteiger partial charge in [-0.15, -0.1) is 0 Å². The van der Waals surface area contributed by atoms with Crippen LogP contribution in [0.1, 0.15) is 0 Å². The maximum atomic E-state index is 12.4. The van der Waals surface area contributed by atoms with Crippen LogP contribution in [0.15, 0.2) is 47.4 Å². The summed E-state index contributed by atoms with van der Waals surface area (Å²) in [5.74, 6) is -0.415. The fourth-order valence-corrected chi connectivity index (χ4v) is 3.35. The van der Waals surface area contributed by atoms with Crippen molar-refractivity contribution in [1.82, 2.24) is 0 Å². The first-order valence-electron chi connectivity index (χ1n) is 6.60. The first-order valence-corrected chi connectivity index (χ1v) is 8.84. The molecule has 0 unspecified atom stereocenters. The van der Waals surface area contributed by atoms with Crippen LogP contribution in [0.5, 0.6) is 5.75 Å². The van der Waals surface area contributed by atoms with Crippen LogP contribution >= 0.6 is 23.2 Å². The average molecular weight is 390 g/mol. The SMILES string of the molecule is COC(=O)COc1ccc(S(=O)(=O)Nc2ccccc2Cl)cc1Cl. The number of carbonyl (C=O) groups excluding carboxylic acids is 1. The summed E-state index contributed by atoms with van der Waals surface area (Å²) in [5, 5.41) is 0.311. The Balaban J connectivity index is 2.21. The quantitative estimate of drug-likeness (QED) is 0.766. The molecule has 0 spiro atoms. The molecule has 1 N–H and O–H groups in total. The van der Waals surface area contributed by atoms with Crippen molar-refractivity contribution in [2.45, 2.75) is 4.90 Å². The second kappa shape index (κ2) is 7.74. The molecule has 0 radical (unpaired) electrons. The molecule has 2 aromatic rings. The first-order chi connectivity index (χ1) is 11.3. The number of hydrogen-bond donors (Lipinski definition) is 1. The molecular weight excluding hydrogens is 377 g/mol. The topological polar surface area (TPSA) is 81.7 Å². The summed E-state index contributed by atoms with van der Waals surface area (Å²) in [4.78, 5) is 11.0. The van der Waals surface area contributed by atoms with E-state index in [0.29, 0.717) is 0 Å². The monoisotopic (exact) mass is 389 g/mol. The molecule has 24 heavy (non-hydrogen) atoms. The Morgan fingerprint density at radius 3 is 2.46 bits per heavy atom. The zero-order chi connectivity index (χ0) is 17.7. The van der Waals surface area contributed by atoms with Crippen LogP contribution in [0.2, 0.25) is 10.0 Å². The number of methoxy groups -OCH3 is 1. The predicted octanol–water partition coefficient (Wildman–Crippen LogP) is 3.35. The predicted molar refractivity (Wildman–Crippen MR) is 91.2 cm³/mol. The maximum absolute atomic E-state index is 12.4. The van der Waals surface area contributed by atoms with Gasteiger partial charge in [0.2, 0.25) is 0 Å². The number of benzene rings is 2. The molecule has 128 valence electrons. The van der Waals surface area contributed by atoms with E-state index in [1.807, 2.05) is 0 Å². The summed E-state index contributed by atoms with van der Waals surface area (Å²) in [7, 11) is -2.65. The van der Waals surface area contributed by atoms with Crippen molar-refractivity contribution < 1.29 is 22.7 Å². The molecule has 0 atom stereocenters. The fourth-order valence-electron chi connectivity index (χ4n) is 1.71. The number of sulfonamides is 1. The minimum absolute atomic E-state index is 0.0425. The molecule has 0 aliphatic rings. The summed E-state index contributed by atoms with van der Waals surface area (Å²) in [6, 6.07) is 10.3. The van der Waals surface area contributed by atoms with Crippen molar-refractivity contribution in [2.75, 3.05) is 18.4 Å². The molecule has 0 saturated heterocycles. The molecular formula is C15H13Cl2NO5S. The van der Waals surface area contributed by atoms with Crippen molar-refractivity contribution in [3.8, 4) is 5.75 Å². The Labute approximate surface area is 149 Å². The number of esters is 1. The molecule has 9 heteroatoms. The molecule has 0 heterocycles. The van der Waals surface area contributed by atoms with E-state index in [9.17, 15) is 13.2 Å². The Morgan fingerprint density at radius 1 is 1.12 bits per heavy atom. The van der Waals surface area contributed by atoms with E-state index in [1.165, 1.54) is 31.4 Å². The van der Waals surface area contributed by atoms with E-state index >= 15 is 0 Å². The molecule has 2 rings (SSSR count). The summed E-state index contributed by atoms with van der Waals surface area (Å²) >= 11 is 11.9. The summed E-state index contributed by atoms with van der Waals surface area (Å²) in [6.45, 7) is -0.333. The average Bonchev–Trinajstić information content (AvgIpc) is 2.55. The standard InChI is InChI=1S/C15H13Cl2NO5S/c1-22-15(19)9-23-14-7-6-10(8-12(14)17)24(20,21)18-13-5-3-2-4-11(13)16/h2-8,18H,9H2,1H3. The van der Waals surface area contributed by atoms with Crippen LogP contribution in [0, 0.1) is 0 Å². The van der Waals surface area contributed by atoms with Gasteiger partial charge < -0.3 is 9.47 Å². The Kier molecular flexibility index (Phi) is 5.93. The highest BCUT2D eigenvalue weighted by Crippen LogP contribution is 2.29. The summed E-state index contributed by atoms with van der Waals surface area (Å²) in [5.41, 5.74) is 0.251. The molecule has 0 aliphatic carbocycles. The summed E-state index contributed by atoms with van der Waals surface area (Å²) in [6.07, 6.45) is 0. The van der Waals surface area contributed by atoms with Gasteiger partial charge in [-0.1, -0.05) is 35.3 Å². The zero-order valence-electron chi connectivity index (χ0n) is 12.5. The van der Waals surface area contributed by atoms with Crippen LogP contribution in [0.4, 0.5) is 5.69 Å². The molecule has 2 aromatic carbocycles. The molecule has 0 bridgehead atoms. The lowest BCUT2D eigenvalue weighted by molar-refractivity contribution is -0.142.